The number of hydrogen-bond donors (Lipinski definition) is 0. The largest absolute Gasteiger partial charge is 0.460 e. The van der Waals surface area contributed by atoms with Gasteiger partial charge in [0, 0.05) is 0 Å². The molecule has 0 saturated carbocycles. The maximum absolute atomic E-state index is 6.02. The molecule has 0 aromatic rings. The molecule has 0 amide bonds. The molecule has 0 aliphatic rings. The summed E-state index contributed by atoms with van der Waals surface area (Å²) in [4.78, 5) is 0. The van der Waals surface area contributed by atoms with Crippen LogP contribution in [-0.2, 0) is 4.12 Å². The van der Waals surface area contributed by atoms with Crippen LogP contribution in [0.15, 0.2) is 0 Å². The van der Waals surface area contributed by atoms with E-state index in [-0.39, 0.29) is 0 Å². The van der Waals surface area contributed by atoms with E-state index >= 15 is 0 Å². The fourth-order valence-corrected chi connectivity index (χ4v) is 11.5. The number of rotatable bonds is 7. The van der Waals surface area contributed by atoms with Gasteiger partial charge in [-0.05, 0) is 31.2 Å². The molecule has 0 bridgehead atoms. The molecule has 0 fully saturated rings. The van der Waals surface area contributed by atoms with E-state index in [0.717, 1.165) is 6.04 Å². The van der Waals surface area contributed by atoms with Gasteiger partial charge in [0.25, 0.3) is 0 Å². The molecule has 1 nitrogen and oxygen atoms in total. The topological polar surface area (TPSA) is 9.23 Å². The first-order valence-corrected chi connectivity index (χ1v) is 14.2. The predicted octanol–water partition coefficient (Wildman–Crippen LogP) is 2.82. The van der Waals surface area contributed by atoms with Crippen molar-refractivity contribution in [2.24, 2.45) is 0 Å². The zero-order chi connectivity index (χ0) is 10.3. The van der Waals surface area contributed by atoms with Gasteiger partial charge in [0.15, 0.2) is 18.1 Å². The third kappa shape index (κ3) is 9.49. The van der Waals surface area contributed by atoms with Crippen LogP contribution in [-0.4, -0.2) is 25.5 Å². The van der Waals surface area contributed by atoms with Crippen LogP contribution in [0.3, 0.4) is 0 Å². The van der Waals surface area contributed by atoms with Gasteiger partial charge in [0.05, 0.1) is 0 Å². The highest BCUT2D eigenvalue weighted by Gasteiger charge is 2.12. The summed E-state index contributed by atoms with van der Waals surface area (Å²) in [7, 11) is -3.13. The van der Waals surface area contributed by atoms with Crippen molar-refractivity contribution in [3.63, 3.8) is 0 Å². The second kappa shape index (κ2) is 8.50. The average molecular weight is 275 g/mol. The minimum Gasteiger partial charge on any atom is -0.460 e. The van der Waals surface area contributed by atoms with E-state index in [0.29, 0.717) is 0 Å². The summed E-state index contributed by atoms with van der Waals surface area (Å²) in [5.74, 6) is 0. The van der Waals surface area contributed by atoms with Crippen molar-refractivity contribution in [2.45, 2.75) is 44.6 Å². The molecule has 0 heterocycles. The van der Waals surface area contributed by atoms with Gasteiger partial charge < -0.3 is 4.12 Å². The fourth-order valence-electron chi connectivity index (χ4n) is 1.30. The summed E-state index contributed by atoms with van der Waals surface area (Å²) < 4.78 is 6.02. The average Bonchev–Trinajstić information content (AvgIpc) is 2.01. The van der Waals surface area contributed by atoms with Crippen molar-refractivity contribution < 1.29 is 4.12 Å². The fraction of sp³-hybridized carbons (Fsp3) is 1.00. The monoisotopic (exact) mass is 274 g/mol. The third-order valence-electron chi connectivity index (χ3n) is 1.95. The highest BCUT2D eigenvalue weighted by Crippen LogP contribution is 2.11. The van der Waals surface area contributed by atoms with Crippen molar-refractivity contribution in [3.8, 4) is 0 Å². The molecule has 0 N–H and O–H groups in total. The lowest BCUT2D eigenvalue weighted by Gasteiger charge is -2.17. The standard InChI is InChI=1S/C7H20Cl2OSi3/c1-4-5-11(2)10-12(3)6-7-13(8)9/h11-13H,4-7H2,1-3H3. The van der Waals surface area contributed by atoms with E-state index in [2.05, 4.69) is 20.0 Å². The van der Waals surface area contributed by atoms with Crippen molar-refractivity contribution >= 4 is 47.7 Å². The van der Waals surface area contributed by atoms with Crippen LogP contribution in [0.1, 0.15) is 13.3 Å². The van der Waals surface area contributed by atoms with E-state index in [1.54, 1.807) is 0 Å². The Morgan fingerprint density at radius 3 is 2.00 bits per heavy atom. The van der Waals surface area contributed by atoms with Crippen LogP contribution in [0.25, 0.3) is 0 Å². The first kappa shape index (κ1) is 14.2. The molecule has 0 saturated heterocycles. The van der Waals surface area contributed by atoms with E-state index < -0.39 is 25.5 Å². The molecule has 0 rings (SSSR count). The van der Waals surface area contributed by atoms with E-state index in [1.807, 2.05) is 0 Å². The third-order valence-corrected chi connectivity index (χ3v) is 11.0. The Hall–Kier alpha value is 1.19. The zero-order valence-corrected chi connectivity index (χ0v) is 13.7. The lowest BCUT2D eigenvalue weighted by Crippen LogP contribution is -2.24. The van der Waals surface area contributed by atoms with Gasteiger partial charge in [0.2, 0.25) is 7.42 Å². The maximum Gasteiger partial charge on any atom is 0.236 e. The van der Waals surface area contributed by atoms with Crippen molar-refractivity contribution in [1.82, 2.24) is 0 Å². The van der Waals surface area contributed by atoms with E-state index in [9.17, 15) is 0 Å². The van der Waals surface area contributed by atoms with Crippen LogP contribution in [0.4, 0.5) is 0 Å². The summed E-state index contributed by atoms with van der Waals surface area (Å²) >= 11 is 11.6. The molecule has 0 radical (unpaired) electrons. The molecule has 0 aliphatic heterocycles. The Morgan fingerprint density at radius 2 is 1.54 bits per heavy atom. The molecule has 80 valence electrons. The van der Waals surface area contributed by atoms with Gasteiger partial charge in [0.1, 0.15) is 0 Å². The van der Waals surface area contributed by atoms with Gasteiger partial charge in [-0.2, -0.15) is 22.2 Å². The maximum atomic E-state index is 6.02. The molecule has 6 heteroatoms. The molecule has 13 heavy (non-hydrogen) atoms. The summed E-state index contributed by atoms with van der Waals surface area (Å²) in [6.45, 7) is 6.78. The van der Waals surface area contributed by atoms with Gasteiger partial charge in [-0.1, -0.05) is 13.3 Å². The SMILES string of the molecule is CCC[SiH](C)O[SiH](C)CC[SiH](Cl)Cl. The molecule has 0 aromatic heterocycles. The van der Waals surface area contributed by atoms with E-state index in [4.69, 9.17) is 26.3 Å². The van der Waals surface area contributed by atoms with Gasteiger partial charge >= 0.3 is 0 Å². The lowest BCUT2D eigenvalue weighted by molar-refractivity contribution is 0.588. The Morgan fingerprint density at radius 1 is 1.00 bits per heavy atom. The second-order valence-corrected chi connectivity index (χ2v) is 14.2. The second-order valence-electron chi connectivity index (χ2n) is 3.51. The highest BCUT2D eigenvalue weighted by molar-refractivity contribution is 7.33. The van der Waals surface area contributed by atoms with Crippen molar-refractivity contribution in [2.75, 3.05) is 0 Å². The molecular formula is C7H20Cl2OSi3. The van der Waals surface area contributed by atoms with Crippen LogP contribution < -0.4 is 0 Å². The molecule has 0 aliphatic carbocycles. The number of halogens is 2. The van der Waals surface area contributed by atoms with Crippen molar-refractivity contribution in [1.29, 1.82) is 0 Å². The van der Waals surface area contributed by atoms with Crippen LogP contribution in [0.2, 0.25) is 31.2 Å². The van der Waals surface area contributed by atoms with Crippen LogP contribution in [0, 0.1) is 0 Å². The number of hydrogen-bond acceptors (Lipinski definition) is 1. The van der Waals surface area contributed by atoms with Crippen LogP contribution in [0.5, 0.6) is 0 Å². The summed E-state index contributed by atoms with van der Waals surface area (Å²) in [6.07, 6.45) is 1.26. The first-order valence-electron chi connectivity index (χ1n) is 4.99. The Kier molecular flexibility index (Phi) is 9.27. The van der Waals surface area contributed by atoms with Crippen LogP contribution >= 0.6 is 22.2 Å². The summed E-state index contributed by atoms with van der Waals surface area (Å²) in [5.41, 5.74) is 0. The van der Waals surface area contributed by atoms with Gasteiger partial charge in [-0.25, -0.2) is 0 Å². The highest BCUT2D eigenvalue weighted by atomic mass is 35.7. The van der Waals surface area contributed by atoms with Gasteiger partial charge in [-0.3, -0.25) is 0 Å². The molecule has 0 spiro atoms. The predicted molar refractivity (Wildman–Crippen MR) is 70.7 cm³/mol. The Balaban J connectivity index is 3.43. The normalized spacial score (nSPS) is 16.2. The smallest absolute Gasteiger partial charge is 0.236 e. The molecule has 2 atom stereocenters. The lowest BCUT2D eigenvalue weighted by atomic mass is 10.6. The quantitative estimate of drug-likeness (QED) is 0.513. The van der Waals surface area contributed by atoms with Gasteiger partial charge in [-0.15, -0.1) is 0 Å². The Bertz CT molecular complexity index is 126. The zero-order valence-electron chi connectivity index (χ0n) is 8.72. The minimum atomic E-state index is -1.37. The van der Waals surface area contributed by atoms with Crippen molar-refractivity contribution in [3.05, 3.63) is 0 Å². The van der Waals surface area contributed by atoms with E-state index in [1.165, 1.54) is 18.5 Å². The summed E-state index contributed by atoms with van der Waals surface area (Å²) in [6, 6.07) is 3.51. The molecular weight excluding hydrogens is 255 g/mol. The summed E-state index contributed by atoms with van der Waals surface area (Å²) in [5, 5.41) is 0. The molecule has 0 aromatic carbocycles. The first-order chi connectivity index (χ1) is 6.06. The molecule has 2 unspecified atom stereocenters. The minimum absolute atomic E-state index is 0.832. The Labute approximate surface area is 96.2 Å².